The lowest BCUT2D eigenvalue weighted by atomic mass is 9.99. The number of nitrogens with zero attached hydrogens (tertiary/aromatic N) is 2. The van der Waals surface area contributed by atoms with E-state index < -0.39 is 0 Å². The minimum Gasteiger partial charge on any atom is -0.309 e. The van der Waals surface area contributed by atoms with E-state index in [4.69, 9.17) is 4.98 Å². The molecule has 0 unspecified atom stereocenters. The van der Waals surface area contributed by atoms with Crippen LogP contribution in [-0.2, 0) is 0 Å². The van der Waals surface area contributed by atoms with Crippen LogP contribution in [0.15, 0.2) is 158 Å². The fraction of sp³-hybridized carbons (Fsp3) is 0. The summed E-state index contributed by atoms with van der Waals surface area (Å²) in [5.74, 6) is 0. The van der Waals surface area contributed by atoms with Crippen LogP contribution in [0.2, 0.25) is 0 Å². The van der Waals surface area contributed by atoms with Gasteiger partial charge in [-0.1, -0.05) is 121 Å². The molecule has 3 aromatic heterocycles. The molecule has 0 aliphatic heterocycles. The second-order valence-corrected chi connectivity index (χ2v) is 14.8. The highest BCUT2D eigenvalue weighted by Crippen LogP contribution is 2.47. The fourth-order valence-corrected chi connectivity index (χ4v) is 10.1. The summed E-state index contributed by atoms with van der Waals surface area (Å²) < 4.78 is 6.32. The molecule has 0 bridgehead atoms. The summed E-state index contributed by atoms with van der Waals surface area (Å²) in [4.78, 5) is 5.39. The maximum atomic E-state index is 5.39. The molecule has 4 heteroatoms. The first-order valence-corrected chi connectivity index (χ1v) is 18.2. The third-order valence-corrected chi connectivity index (χ3v) is 12.3. The van der Waals surface area contributed by atoms with E-state index in [1.165, 1.54) is 79.3 Å². The maximum Gasteiger partial charge on any atom is 0.124 e. The van der Waals surface area contributed by atoms with Gasteiger partial charge in [0.05, 0.1) is 21.3 Å². The Morgan fingerprint density at radius 1 is 0.469 bits per heavy atom. The smallest absolute Gasteiger partial charge is 0.124 e. The van der Waals surface area contributed by atoms with E-state index in [9.17, 15) is 0 Å². The van der Waals surface area contributed by atoms with Crippen LogP contribution in [0, 0.1) is 0 Å². The van der Waals surface area contributed by atoms with Gasteiger partial charge in [-0.3, -0.25) is 0 Å². The van der Waals surface area contributed by atoms with E-state index in [-0.39, 0.29) is 0 Å². The molecule has 0 radical (unpaired) electrons. The number of benzene rings is 8. The Bertz CT molecular complexity index is 3110. The third kappa shape index (κ3) is 4.02. The van der Waals surface area contributed by atoms with Crippen LogP contribution in [0.5, 0.6) is 0 Å². The van der Waals surface area contributed by atoms with Gasteiger partial charge in [-0.25, -0.2) is 4.98 Å². The number of rotatable bonds is 3. The average Bonchev–Trinajstić information content (AvgIpc) is 3.86. The minimum absolute atomic E-state index is 1.04. The molecule has 2 nitrogen and oxygen atoms in total. The van der Waals surface area contributed by atoms with Gasteiger partial charge in [0.15, 0.2) is 0 Å². The summed E-state index contributed by atoms with van der Waals surface area (Å²) in [5.41, 5.74) is 8.26. The molecule has 0 aliphatic carbocycles. The van der Waals surface area contributed by atoms with E-state index in [2.05, 4.69) is 162 Å². The maximum absolute atomic E-state index is 5.39. The number of para-hydroxylation sites is 1. The second-order valence-electron chi connectivity index (χ2n) is 12.7. The highest BCUT2D eigenvalue weighted by atomic mass is 32.1. The summed E-state index contributed by atoms with van der Waals surface area (Å²) in [6.45, 7) is 0. The van der Waals surface area contributed by atoms with Crippen molar-refractivity contribution in [1.82, 2.24) is 9.55 Å². The van der Waals surface area contributed by atoms with E-state index >= 15 is 0 Å². The van der Waals surface area contributed by atoms with Crippen molar-refractivity contribution in [3.63, 3.8) is 0 Å². The molecule has 0 aliphatic rings. The second kappa shape index (κ2) is 10.3. The van der Waals surface area contributed by atoms with Crippen LogP contribution in [0.1, 0.15) is 0 Å². The van der Waals surface area contributed by atoms with Gasteiger partial charge in [-0.15, -0.1) is 22.7 Å². The van der Waals surface area contributed by atoms with Crippen molar-refractivity contribution in [3.05, 3.63) is 158 Å². The van der Waals surface area contributed by atoms with Crippen molar-refractivity contribution in [2.45, 2.75) is 0 Å². The van der Waals surface area contributed by atoms with Crippen molar-refractivity contribution in [2.75, 3.05) is 0 Å². The number of fused-ring (bicyclic) bond motifs is 11. The lowest BCUT2D eigenvalue weighted by Crippen LogP contribution is -1.94. The van der Waals surface area contributed by atoms with Gasteiger partial charge in [0.1, 0.15) is 5.01 Å². The van der Waals surface area contributed by atoms with Gasteiger partial charge in [-0.2, -0.15) is 0 Å². The fourth-order valence-electron chi connectivity index (χ4n) is 7.72. The van der Waals surface area contributed by atoms with Crippen molar-refractivity contribution in [3.8, 4) is 27.4 Å². The average molecular weight is 659 g/mol. The van der Waals surface area contributed by atoms with E-state index in [1.54, 1.807) is 0 Å². The zero-order valence-electron chi connectivity index (χ0n) is 26.2. The SMILES string of the molecule is c1ccc(-n2c3cc(-c4nc5cc(-c6ccc7ccccc7c6)c6sc7ccccc7c6c5s4)ccc3c3ccc4ccccc4c32)cc1. The lowest BCUT2D eigenvalue weighted by molar-refractivity contribution is 1.19. The third-order valence-electron chi connectivity index (χ3n) is 9.98. The molecular formula is C45H26N2S2. The van der Waals surface area contributed by atoms with Gasteiger partial charge >= 0.3 is 0 Å². The van der Waals surface area contributed by atoms with Crippen molar-refractivity contribution >= 4 is 96.4 Å². The number of hydrogen-bond acceptors (Lipinski definition) is 3. The first kappa shape index (κ1) is 27.2. The summed E-state index contributed by atoms with van der Waals surface area (Å²) in [6, 6.07) is 57.5. The highest BCUT2D eigenvalue weighted by Gasteiger charge is 2.20. The normalized spacial score (nSPS) is 12.1. The largest absolute Gasteiger partial charge is 0.309 e. The molecular weight excluding hydrogens is 633 g/mol. The molecule has 0 N–H and O–H groups in total. The molecule has 0 amide bonds. The van der Waals surface area contributed by atoms with Crippen LogP contribution in [0.4, 0.5) is 0 Å². The molecule has 49 heavy (non-hydrogen) atoms. The summed E-state index contributed by atoms with van der Waals surface area (Å²) in [5, 5.41) is 11.2. The van der Waals surface area contributed by atoms with Crippen LogP contribution < -0.4 is 0 Å². The number of thiophene rings is 1. The Balaban J connectivity index is 1.19. The predicted octanol–water partition coefficient (Wildman–Crippen LogP) is 13.4. The Hall–Kier alpha value is -5.81. The first-order valence-electron chi connectivity index (χ1n) is 16.5. The zero-order valence-corrected chi connectivity index (χ0v) is 27.9. The lowest BCUT2D eigenvalue weighted by Gasteiger charge is -2.10. The van der Waals surface area contributed by atoms with Gasteiger partial charge in [0.2, 0.25) is 0 Å². The van der Waals surface area contributed by atoms with Crippen LogP contribution in [-0.4, -0.2) is 9.55 Å². The summed E-state index contributed by atoms with van der Waals surface area (Å²) in [7, 11) is 0. The number of hydrogen-bond donors (Lipinski definition) is 0. The molecule has 0 fully saturated rings. The molecule has 11 aromatic rings. The summed E-state index contributed by atoms with van der Waals surface area (Å²) in [6.07, 6.45) is 0. The Labute approximate surface area is 289 Å². The Kier molecular flexibility index (Phi) is 5.74. The van der Waals surface area contributed by atoms with Crippen LogP contribution in [0.3, 0.4) is 0 Å². The van der Waals surface area contributed by atoms with Gasteiger partial charge in [0.25, 0.3) is 0 Å². The Morgan fingerprint density at radius 3 is 2.08 bits per heavy atom. The van der Waals surface area contributed by atoms with Crippen molar-refractivity contribution < 1.29 is 0 Å². The quantitative estimate of drug-likeness (QED) is 0.185. The van der Waals surface area contributed by atoms with Crippen molar-refractivity contribution in [2.24, 2.45) is 0 Å². The topological polar surface area (TPSA) is 17.8 Å². The molecule has 0 spiro atoms. The van der Waals surface area contributed by atoms with Crippen molar-refractivity contribution in [1.29, 1.82) is 0 Å². The molecule has 0 saturated heterocycles. The molecule has 11 rings (SSSR count). The molecule has 228 valence electrons. The molecule has 0 atom stereocenters. The zero-order chi connectivity index (χ0) is 32.1. The molecule has 8 aromatic carbocycles. The standard InChI is InChI=1S/C45H26N2S2/c1-2-13-32(14-3-1)47-39-25-31(21-22-34(39)35-23-20-28-11-6-7-15-33(28)42(35)47)45-46-38-26-37(30-19-18-27-10-4-5-12-29(27)24-30)43-41(44(38)49-45)36-16-8-9-17-40(36)48-43/h1-26H. The van der Waals surface area contributed by atoms with Crippen LogP contribution in [0.25, 0.3) is 101 Å². The van der Waals surface area contributed by atoms with E-state index in [0.29, 0.717) is 0 Å². The highest BCUT2D eigenvalue weighted by molar-refractivity contribution is 7.28. The van der Waals surface area contributed by atoms with Gasteiger partial charge in [0, 0.05) is 53.1 Å². The predicted molar refractivity (Wildman–Crippen MR) is 213 cm³/mol. The van der Waals surface area contributed by atoms with E-state index in [0.717, 1.165) is 21.8 Å². The number of thiazole rings is 1. The Morgan fingerprint density at radius 2 is 1.18 bits per heavy atom. The van der Waals surface area contributed by atoms with Gasteiger partial charge in [-0.05, 0) is 58.1 Å². The number of aromatic nitrogens is 2. The molecule has 3 heterocycles. The van der Waals surface area contributed by atoms with Gasteiger partial charge < -0.3 is 4.57 Å². The minimum atomic E-state index is 1.04. The first-order chi connectivity index (χ1) is 24.3. The van der Waals surface area contributed by atoms with E-state index in [1.807, 2.05) is 22.7 Å². The van der Waals surface area contributed by atoms with Crippen LogP contribution >= 0.6 is 22.7 Å². The summed E-state index contributed by atoms with van der Waals surface area (Å²) >= 11 is 3.70. The molecule has 0 saturated carbocycles. The monoisotopic (exact) mass is 658 g/mol.